The Hall–Kier alpha value is -3.94. The molecule has 0 spiro atoms. The van der Waals surface area contributed by atoms with Gasteiger partial charge in [0, 0.05) is 37.9 Å². The number of pyridine rings is 1. The van der Waals surface area contributed by atoms with Gasteiger partial charge < -0.3 is 20.3 Å². The van der Waals surface area contributed by atoms with Crippen LogP contribution in [0.5, 0.6) is 0 Å². The van der Waals surface area contributed by atoms with E-state index in [9.17, 15) is 14.0 Å². The van der Waals surface area contributed by atoms with Crippen LogP contribution < -0.4 is 10.6 Å². The lowest BCUT2D eigenvalue weighted by molar-refractivity contribution is 0.0801. The maximum Gasteiger partial charge on any atom is 0.410 e. The monoisotopic (exact) mass is 490 g/mol. The lowest BCUT2D eigenvalue weighted by Gasteiger charge is -2.31. The Bertz CT molecular complexity index is 1180. The van der Waals surface area contributed by atoms with Crippen molar-refractivity contribution in [3.63, 3.8) is 0 Å². The van der Waals surface area contributed by atoms with Crippen LogP contribution in [-0.2, 0) is 17.9 Å². The average molecular weight is 491 g/mol. The third-order valence-electron chi connectivity index (χ3n) is 6.29. The first-order valence-corrected chi connectivity index (χ1v) is 12.2. The van der Waals surface area contributed by atoms with Crippen molar-refractivity contribution in [3.05, 3.63) is 94.9 Å². The molecule has 1 aromatic heterocycles. The maximum atomic E-state index is 13.3. The molecule has 2 aromatic carbocycles. The van der Waals surface area contributed by atoms with E-state index in [1.165, 1.54) is 17.7 Å². The van der Waals surface area contributed by atoms with Crippen molar-refractivity contribution in [3.8, 4) is 0 Å². The minimum Gasteiger partial charge on any atom is -0.445 e. The van der Waals surface area contributed by atoms with Crippen molar-refractivity contribution < 1.29 is 18.7 Å². The van der Waals surface area contributed by atoms with E-state index in [4.69, 9.17) is 4.74 Å². The van der Waals surface area contributed by atoms with E-state index in [0.29, 0.717) is 43.5 Å². The smallest absolute Gasteiger partial charge is 0.410 e. The Morgan fingerprint density at radius 3 is 2.58 bits per heavy atom. The summed E-state index contributed by atoms with van der Waals surface area (Å²) in [7, 11) is 0. The molecule has 0 atom stereocenters. The van der Waals surface area contributed by atoms with Gasteiger partial charge >= 0.3 is 6.09 Å². The summed E-state index contributed by atoms with van der Waals surface area (Å²) in [5.74, 6) is 0.374. The van der Waals surface area contributed by atoms with Gasteiger partial charge in [-0.25, -0.2) is 14.2 Å². The van der Waals surface area contributed by atoms with Crippen LogP contribution in [0.4, 0.5) is 15.0 Å². The fourth-order valence-corrected chi connectivity index (χ4v) is 4.09. The number of piperidine rings is 1. The molecule has 1 aliphatic heterocycles. The molecule has 0 unspecified atom stereocenters. The lowest BCUT2D eigenvalue weighted by Crippen LogP contribution is -2.41. The number of nitrogens with zero attached hydrogens (tertiary/aromatic N) is 2. The van der Waals surface area contributed by atoms with Crippen LogP contribution in [0.15, 0.2) is 66.9 Å². The third-order valence-corrected chi connectivity index (χ3v) is 6.29. The van der Waals surface area contributed by atoms with Crippen molar-refractivity contribution in [2.75, 3.05) is 25.0 Å². The van der Waals surface area contributed by atoms with Gasteiger partial charge in [-0.3, -0.25) is 4.79 Å². The normalized spacial score (nSPS) is 13.8. The molecule has 1 fully saturated rings. The van der Waals surface area contributed by atoms with Gasteiger partial charge in [0.05, 0.1) is 0 Å². The van der Waals surface area contributed by atoms with Crippen LogP contribution >= 0.6 is 0 Å². The second kappa shape index (κ2) is 12.2. The van der Waals surface area contributed by atoms with Crippen molar-refractivity contribution in [2.45, 2.75) is 32.9 Å². The summed E-state index contributed by atoms with van der Waals surface area (Å²) in [6.07, 6.45) is 2.88. The van der Waals surface area contributed by atoms with Gasteiger partial charge in [-0.1, -0.05) is 42.0 Å². The Balaban J connectivity index is 1.18. The van der Waals surface area contributed by atoms with E-state index in [0.717, 1.165) is 24.0 Å². The second-order valence-electron chi connectivity index (χ2n) is 9.09. The first-order valence-electron chi connectivity index (χ1n) is 12.2. The van der Waals surface area contributed by atoms with Crippen molar-refractivity contribution >= 4 is 17.8 Å². The van der Waals surface area contributed by atoms with Gasteiger partial charge in [-0.05, 0) is 61.1 Å². The maximum absolute atomic E-state index is 13.3. The van der Waals surface area contributed by atoms with Crippen molar-refractivity contribution in [2.24, 2.45) is 5.92 Å². The number of anilines is 1. The number of rotatable bonds is 8. The van der Waals surface area contributed by atoms with Gasteiger partial charge in [-0.2, -0.15) is 0 Å². The average Bonchev–Trinajstić information content (AvgIpc) is 2.90. The molecule has 1 saturated heterocycles. The molecule has 2 amide bonds. The zero-order chi connectivity index (χ0) is 25.3. The predicted molar refractivity (Wildman–Crippen MR) is 136 cm³/mol. The van der Waals surface area contributed by atoms with Crippen molar-refractivity contribution in [1.29, 1.82) is 0 Å². The summed E-state index contributed by atoms with van der Waals surface area (Å²) >= 11 is 0. The number of aromatic nitrogens is 1. The summed E-state index contributed by atoms with van der Waals surface area (Å²) in [6.45, 7) is 4.44. The number of carbonyl (C=O) groups excluding carboxylic acids is 2. The van der Waals surface area contributed by atoms with Gasteiger partial charge in [-0.15, -0.1) is 0 Å². The number of likely N-dealkylation sites (tertiary alicyclic amines) is 1. The van der Waals surface area contributed by atoms with E-state index < -0.39 is 0 Å². The number of aryl methyl sites for hydroxylation is 1. The molecule has 0 radical (unpaired) electrons. The number of hydrogen-bond acceptors (Lipinski definition) is 5. The minimum atomic E-state index is -0.298. The third kappa shape index (κ3) is 7.28. The highest BCUT2D eigenvalue weighted by molar-refractivity contribution is 5.94. The number of carbonyl (C=O) groups is 2. The number of hydrogen-bond donors (Lipinski definition) is 2. The Labute approximate surface area is 210 Å². The number of ether oxygens (including phenoxy) is 1. The van der Waals surface area contributed by atoms with Crippen LogP contribution in [0.3, 0.4) is 0 Å². The molecule has 4 rings (SSSR count). The molecule has 0 saturated carbocycles. The summed E-state index contributed by atoms with van der Waals surface area (Å²) in [5.41, 5.74) is 3.43. The highest BCUT2D eigenvalue weighted by Crippen LogP contribution is 2.18. The molecule has 0 aliphatic carbocycles. The molecule has 1 aliphatic rings. The summed E-state index contributed by atoms with van der Waals surface area (Å²) in [4.78, 5) is 31.0. The Morgan fingerprint density at radius 2 is 1.83 bits per heavy atom. The summed E-state index contributed by atoms with van der Waals surface area (Å²) in [5, 5.41) is 6.11. The molecule has 36 heavy (non-hydrogen) atoms. The summed E-state index contributed by atoms with van der Waals surface area (Å²) in [6, 6.07) is 17.6. The number of benzene rings is 2. The molecular weight excluding hydrogens is 459 g/mol. The first-order chi connectivity index (χ1) is 17.5. The van der Waals surface area contributed by atoms with E-state index in [-0.39, 0.29) is 24.4 Å². The van der Waals surface area contributed by atoms with Crippen LogP contribution in [0.1, 0.15) is 39.9 Å². The molecule has 2 heterocycles. The minimum absolute atomic E-state index is 0.175. The SMILES string of the molecule is Cc1ccc(COC(=O)N2CCC(CNC(=O)c3ccnc(NCc4cccc(F)c4)c3)CC2)cc1. The van der Waals surface area contributed by atoms with Crippen molar-refractivity contribution in [1.82, 2.24) is 15.2 Å². The van der Waals surface area contributed by atoms with E-state index in [2.05, 4.69) is 15.6 Å². The van der Waals surface area contributed by atoms with Crippen LogP contribution in [0.2, 0.25) is 0 Å². The van der Waals surface area contributed by atoms with E-state index >= 15 is 0 Å². The quantitative estimate of drug-likeness (QED) is 0.468. The fourth-order valence-electron chi connectivity index (χ4n) is 4.09. The van der Waals surface area contributed by atoms with Gasteiger partial charge in [0.2, 0.25) is 0 Å². The first kappa shape index (κ1) is 25.2. The van der Waals surface area contributed by atoms with E-state index in [1.807, 2.05) is 37.3 Å². The molecular formula is C28H31FN4O3. The second-order valence-corrected chi connectivity index (χ2v) is 9.09. The molecule has 0 bridgehead atoms. The van der Waals surface area contributed by atoms with Gasteiger partial charge in [0.15, 0.2) is 0 Å². The number of halogens is 1. The highest BCUT2D eigenvalue weighted by atomic mass is 19.1. The highest BCUT2D eigenvalue weighted by Gasteiger charge is 2.24. The summed E-state index contributed by atoms with van der Waals surface area (Å²) < 4.78 is 18.8. The number of amides is 2. The molecule has 8 heteroatoms. The fraction of sp³-hybridized carbons (Fsp3) is 0.321. The standard InChI is InChI=1S/C28H31FN4O3/c1-20-5-7-22(8-6-20)19-36-28(35)33-13-10-21(11-14-33)17-32-27(34)24-9-12-30-26(16-24)31-18-23-3-2-4-25(29)15-23/h2-9,12,15-16,21H,10-11,13-14,17-19H2,1H3,(H,30,31)(H,32,34). The lowest BCUT2D eigenvalue weighted by atomic mass is 9.97. The van der Waals surface area contributed by atoms with Crippen LogP contribution in [0.25, 0.3) is 0 Å². The largest absolute Gasteiger partial charge is 0.445 e. The van der Waals surface area contributed by atoms with Crippen LogP contribution in [-0.4, -0.2) is 41.5 Å². The molecule has 188 valence electrons. The van der Waals surface area contributed by atoms with Gasteiger partial charge in [0.25, 0.3) is 5.91 Å². The topological polar surface area (TPSA) is 83.6 Å². The zero-order valence-electron chi connectivity index (χ0n) is 20.4. The zero-order valence-corrected chi connectivity index (χ0v) is 20.4. The predicted octanol–water partition coefficient (Wildman–Crippen LogP) is 4.92. The van der Waals surface area contributed by atoms with Gasteiger partial charge in [0.1, 0.15) is 18.2 Å². The Morgan fingerprint density at radius 1 is 1.06 bits per heavy atom. The van der Waals surface area contributed by atoms with E-state index in [1.54, 1.807) is 29.3 Å². The molecule has 7 nitrogen and oxygen atoms in total. The molecule has 2 N–H and O–H groups in total. The van der Waals surface area contributed by atoms with Crippen LogP contribution in [0, 0.1) is 18.7 Å². The Kier molecular flexibility index (Phi) is 8.49. The number of nitrogens with one attached hydrogen (secondary N) is 2. The molecule has 3 aromatic rings.